The zero-order valence-corrected chi connectivity index (χ0v) is 18.5. The molecule has 4 rings (SSSR count). The number of sulfonamides is 1. The molecule has 31 heavy (non-hydrogen) atoms. The number of benzene rings is 2. The highest BCUT2D eigenvalue weighted by molar-refractivity contribution is 7.89. The van der Waals surface area contributed by atoms with Gasteiger partial charge in [-0.15, -0.1) is 0 Å². The quantitative estimate of drug-likeness (QED) is 0.568. The zero-order valence-electron chi connectivity index (χ0n) is 16.2. The van der Waals surface area contributed by atoms with Gasteiger partial charge in [0.15, 0.2) is 5.82 Å². The van der Waals surface area contributed by atoms with Crippen molar-refractivity contribution in [1.29, 1.82) is 0 Å². The molecule has 0 radical (unpaired) electrons. The van der Waals surface area contributed by atoms with Crippen LogP contribution in [-0.4, -0.2) is 32.0 Å². The lowest BCUT2D eigenvalue weighted by molar-refractivity contribution is 0.173. The predicted molar refractivity (Wildman–Crippen MR) is 122 cm³/mol. The normalized spacial score (nSPS) is 13.5. The highest BCUT2D eigenvalue weighted by atomic mass is 35.5. The average Bonchev–Trinajstić information content (AvgIpc) is 2.73. The third kappa shape index (κ3) is 4.51. The summed E-state index contributed by atoms with van der Waals surface area (Å²) >= 11 is 12.7. The minimum absolute atomic E-state index is 0.0156. The van der Waals surface area contributed by atoms with Crippen LogP contribution in [0.1, 0.15) is 11.1 Å². The van der Waals surface area contributed by atoms with Crippen molar-refractivity contribution < 1.29 is 13.3 Å². The van der Waals surface area contributed by atoms with E-state index in [1.165, 1.54) is 19.2 Å². The number of halogens is 2. The van der Waals surface area contributed by atoms with Crippen molar-refractivity contribution in [2.45, 2.75) is 4.90 Å². The molecule has 3 aromatic rings. The van der Waals surface area contributed by atoms with Crippen LogP contribution >= 0.6 is 23.2 Å². The van der Waals surface area contributed by atoms with E-state index in [4.69, 9.17) is 33.2 Å². The van der Waals surface area contributed by atoms with Crippen molar-refractivity contribution in [1.82, 2.24) is 9.97 Å². The van der Waals surface area contributed by atoms with Gasteiger partial charge in [-0.05, 0) is 42.0 Å². The summed E-state index contributed by atoms with van der Waals surface area (Å²) in [6.45, 7) is 0.365. The molecule has 8 nitrogen and oxygen atoms in total. The molecule has 0 unspecified atom stereocenters. The summed E-state index contributed by atoms with van der Waals surface area (Å²) in [5.74, 6) is 0.800. The molecule has 0 atom stereocenters. The Morgan fingerprint density at radius 3 is 2.55 bits per heavy atom. The molecule has 11 heteroatoms. The maximum Gasteiger partial charge on any atom is 0.238 e. The summed E-state index contributed by atoms with van der Waals surface area (Å²) in [5.41, 5.74) is 2.77. The Hall–Kier alpha value is -2.69. The van der Waals surface area contributed by atoms with E-state index in [-0.39, 0.29) is 10.8 Å². The largest absolute Gasteiger partial charge is 0.324 e. The van der Waals surface area contributed by atoms with Gasteiger partial charge in [0.25, 0.3) is 0 Å². The molecule has 0 bridgehead atoms. The minimum Gasteiger partial charge on any atom is -0.324 e. The van der Waals surface area contributed by atoms with Crippen molar-refractivity contribution in [2.24, 2.45) is 5.14 Å². The molecule has 0 saturated heterocycles. The number of hydroxylamine groups is 1. The molecule has 0 aliphatic carbocycles. The summed E-state index contributed by atoms with van der Waals surface area (Å²) in [6.07, 6.45) is 3.54. The van der Waals surface area contributed by atoms with E-state index < -0.39 is 10.0 Å². The lowest BCUT2D eigenvalue weighted by Gasteiger charge is -2.28. The fraction of sp³-hybridized carbons (Fsp3) is 0.100. The SMILES string of the molecule is CON1CC(c2c(Cl)cccc2Cl)=Cc2cnc(Nc3cccc(S(N)(=O)=O)c3)nc21. The Balaban J connectivity index is 1.70. The monoisotopic (exact) mass is 477 g/mol. The maximum absolute atomic E-state index is 11.6. The second-order valence-electron chi connectivity index (χ2n) is 6.66. The third-order valence-electron chi connectivity index (χ3n) is 4.60. The van der Waals surface area contributed by atoms with Crippen LogP contribution in [0.2, 0.25) is 10.0 Å². The number of anilines is 3. The predicted octanol–water partition coefficient (Wildman–Crippen LogP) is 4.10. The van der Waals surface area contributed by atoms with Gasteiger partial charge in [-0.3, -0.25) is 4.84 Å². The molecule has 0 fully saturated rings. The van der Waals surface area contributed by atoms with E-state index in [2.05, 4.69) is 15.3 Å². The van der Waals surface area contributed by atoms with Gasteiger partial charge in [0.1, 0.15) is 0 Å². The van der Waals surface area contributed by atoms with E-state index in [1.807, 2.05) is 6.08 Å². The molecule has 1 aliphatic rings. The lowest BCUT2D eigenvalue weighted by Crippen LogP contribution is -2.28. The standard InChI is InChI=1S/C20H17Cl2N5O3S/c1-30-27-11-13(18-16(21)6-3-7-17(18)22)8-12-10-24-20(26-19(12)27)25-14-4-2-5-15(9-14)31(23,28)29/h2-10H,11H2,1H3,(H2,23,28,29)(H,24,25,26). The first-order valence-corrected chi connectivity index (χ1v) is 11.3. The molecule has 0 spiro atoms. The first-order chi connectivity index (χ1) is 14.8. The van der Waals surface area contributed by atoms with Crippen LogP contribution in [-0.2, 0) is 14.9 Å². The van der Waals surface area contributed by atoms with Crippen LogP contribution in [0.25, 0.3) is 11.6 Å². The second-order valence-corrected chi connectivity index (χ2v) is 9.03. The maximum atomic E-state index is 11.6. The Kier molecular flexibility index (Phi) is 5.87. The Labute approximate surface area is 189 Å². The third-order valence-corrected chi connectivity index (χ3v) is 6.14. The van der Waals surface area contributed by atoms with E-state index >= 15 is 0 Å². The molecule has 2 heterocycles. The Morgan fingerprint density at radius 2 is 1.87 bits per heavy atom. The summed E-state index contributed by atoms with van der Waals surface area (Å²) in [7, 11) is -2.29. The zero-order chi connectivity index (χ0) is 22.2. The van der Waals surface area contributed by atoms with Crippen molar-refractivity contribution >= 4 is 62.3 Å². The van der Waals surface area contributed by atoms with Crippen LogP contribution in [0.3, 0.4) is 0 Å². The Bertz CT molecular complexity index is 1280. The number of fused-ring (bicyclic) bond motifs is 1. The van der Waals surface area contributed by atoms with Crippen molar-refractivity contribution in [3.8, 4) is 0 Å². The lowest BCUT2D eigenvalue weighted by atomic mass is 10.0. The van der Waals surface area contributed by atoms with Gasteiger partial charge < -0.3 is 5.32 Å². The number of nitrogens with one attached hydrogen (secondary N) is 1. The molecular formula is C20H17Cl2N5O3S. The molecule has 2 aromatic carbocycles. The number of rotatable bonds is 5. The molecular weight excluding hydrogens is 461 g/mol. The number of hydrogen-bond donors (Lipinski definition) is 2. The van der Waals surface area contributed by atoms with Crippen molar-refractivity contribution in [3.63, 3.8) is 0 Å². The molecule has 1 aromatic heterocycles. The fourth-order valence-corrected chi connectivity index (χ4v) is 4.39. The van der Waals surface area contributed by atoms with Crippen LogP contribution in [0.15, 0.2) is 53.6 Å². The van der Waals surface area contributed by atoms with Crippen molar-refractivity contribution in [2.75, 3.05) is 24.0 Å². The van der Waals surface area contributed by atoms with E-state index in [9.17, 15) is 8.42 Å². The Morgan fingerprint density at radius 1 is 1.16 bits per heavy atom. The molecule has 3 N–H and O–H groups in total. The van der Waals surface area contributed by atoms with Crippen LogP contribution in [0.5, 0.6) is 0 Å². The van der Waals surface area contributed by atoms with E-state index in [0.29, 0.717) is 33.7 Å². The van der Waals surface area contributed by atoms with Crippen LogP contribution < -0.4 is 15.5 Å². The smallest absolute Gasteiger partial charge is 0.238 e. The second kappa shape index (κ2) is 8.45. The molecule has 0 saturated carbocycles. The first-order valence-electron chi connectivity index (χ1n) is 9.00. The molecule has 160 valence electrons. The van der Waals surface area contributed by atoms with Gasteiger partial charge in [0.05, 0.1) is 18.6 Å². The van der Waals surface area contributed by atoms with Gasteiger partial charge in [0.2, 0.25) is 16.0 Å². The summed E-state index contributed by atoms with van der Waals surface area (Å²) < 4.78 is 23.2. The summed E-state index contributed by atoms with van der Waals surface area (Å²) in [6, 6.07) is 11.4. The van der Waals surface area contributed by atoms with Crippen LogP contribution in [0.4, 0.5) is 17.5 Å². The fourth-order valence-electron chi connectivity index (χ4n) is 3.19. The first kappa shape index (κ1) is 21.5. The number of nitrogens with zero attached hydrogens (tertiary/aromatic N) is 3. The van der Waals surface area contributed by atoms with E-state index in [0.717, 1.165) is 11.1 Å². The summed E-state index contributed by atoms with van der Waals surface area (Å²) in [5, 5.41) is 10.8. The average molecular weight is 478 g/mol. The number of primary sulfonamides is 1. The highest BCUT2D eigenvalue weighted by Gasteiger charge is 2.24. The van der Waals surface area contributed by atoms with Gasteiger partial charge in [-0.1, -0.05) is 35.3 Å². The van der Waals surface area contributed by atoms with Gasteiger partial charge >= 0.3 is 0 Å². The van der Waals surface area contributed by atoms with Crippen molar-refractivity contribution in [3.05, 3.63) is 69.8 Å². The topological polar surface area (TPSA) is 110 Å². The summed E-state index contributed by atoms with van der Waals surface area (Å²) in [4.78, 5) is 14.3. The van der Waals surface area contributed by atoms with Gasteiger partial charge in [-0.25, -0.2) is 23.6 Å². The number of hydrogen-bond acceptors (Lipinski definition) is 7. The minimum atomic E-state index is -3.82. The molecule has 1 aliphatic heterocycles. The highest BCUT2D eigenvalue weighted by Crippen LogP contribution is 2.37. The number of aromatic nitrogens is 2. The molecule has 0 amide bonds. The number of nitrogens with two attached hydrogens (primary N) is 1. The van der Waals surface area contributed by atoms with Gasteiger partial charge in [0, 0.05) is 33.1 Å². The van der Waals surface area contributed by atoms with Crippen LogP contribution in [0, 0.1) is 0 Å². The van der Waals surface area contributed by atoms with Gasteiger partial charge in [-0.2, -0.15) is 4.98 Å². The van der Waals surface area contributed by atoms with E-state index in [1.54, 1.807) is 41.6 Å².